The number of ether oxygens (including phenoxy) is 1. The van der Waals surface area contributed by atoms with Crippen LogP contribution in [-0.2, 0) is 9.53 Å². The van der Waals surface area contributed by atoms with Crippen molar-refractivity contribution < 1.29 is 14.6 Å². The van der Waals surface area contributed by atoms with Crippen molar-refractivity contribution in [1.82, 2.24) is 0 Å². The van der Waals surface area contributed by atoms with Gasteiger partial charge in [-0.3, -0.25) is 0 Å². The van der Waals surface area contributed by atoms with Crippen molar-refractivity contribution in [2.75, 3.05) is 6.61 Å². The topological polar surface area (TPSA) is 46.5 Å². The summed E-state index contributed by atoms with van der Waals surface area (Å²) in [5, 5.41) is 9.33. The molecular weight excluding hydrogens is 168 g/mol. The maximum Gasteiger partial charge on any atom is 0.334 e. The number of aliphatic hydroxyl groups is 1. The van der Waals surface area contributed by atoms with Crippen LogP contribution >= 0.6 is 0 Å². The van der Waals surface area contributed by atoms with Gasteiger partial charge in [0.15, 0.2) is 6.10 Å². The lowest BCUT2D eigenvalue weighted by Gasteiger charge is -2.13. The predicted molar refractivity (Wildman–Crippen MR) is 51.3 cm³/mol. The first-order valence-electron chi connectivity index (χ1n) is 4.78. The van der Waals surface area contributed by atoms with Crippen molar-refractivity contribution in [3.63, 3.8) is 0 Å². The second-order valence-electron chi connectivity index (χ2n) is 4.17. The van der Waals surface area contributed by atoms with Gasteiger partial charge in [-0.05, 0) is 18.3 Å². The van der Waals surface area contributed by atoms with Crippen LogP contribution in [0.2, 0.25) is 0 Å². The van der Waals surface area contributed by atoms with Gasteiger partial charge in [-0.2, -0.15) is 0 Å². The first-order chi connectivity index (χ1) is 5.93. The van der Waals surface area contributed by atoms with Gasteiger partial charge in [-0.1, -0.05) is 27.7 Å². The molecule has 0 aliphatic rings. The summed E-state index contributed by atoms with van der Waals surface area (Å²) in [6.45, 7) is 8.22. The molecule has 3 heteroatoms. The van der Waals surface area contributed by atoms with Gasteiger partial charge in [0.25, 0.3) is 0 Å². The van der Waals surface area contributed by atoms with Crippen molar-refractivity contribution in [2.24, 2.45) is 11.8 Å². The SMILES string of the molecule is CC(C)COC(=O)C(O)CC(C)C. The summed E-state index contributed by atoms with van der Waals surface area (Å²) < 4.78 is 4.88. The van der Waals surface area contributed by atoms with E-state index in [-0.39, 0.29) is 0 Å². The third-order valence-corrected chi connectivity index (χ3v) is 1.53. The lowest BCUT2D eigenvalue weighted by Crippen LogP contribution is -2.25. The van der Waals surface area contributed by atoms with Gasteiger partial charge in [0.05, 0.1) is 6.61 Å². The van der Waals surface area contributed by atoms with Crippen LogP contribution in [0.3, 0.4) is 0 Å². The zero-order valence-corrected chi connectivity index (χ0v) is 8.91. The quantitative estimate of drug-likeness (QED) is 0.666. The summed E-state index contributed by atoms with van der Waals surface area (Å²) >= 11 is 0. The van der Waals surface area contributed by atoms with E-state index in [0.29, 0.717) is 24.9 Å². The molecule has 1 N–H and O–H groups in total. The van der Waals surface area contributed by atoms with E-state index >= 15 is 0 Å². The van der Waals surface area contributed by atoms with Gasteiger partial charge in [0, 0.05) is 0 Å². The van der Waals surface area contributed by atoms with E-state index in [1.165, 1.54) is 0 Å². The molecule has 0 aromatic heterocycles. The fraction of sp³-hybridized carbons (Fsp3) is 0.900. The molecule has 0 bridgehead atoms. The van der Waals surface area contributed by atoms with Crippen LogP contribution in [0, 0.1) is 11.8 Å². The number of carbonyl (C=O) groups is 1. The fourth-order valence-corrected chi connectivity index (χ4v) is 0.888. The molecule has 0 fully saturated rings. The highest BCUT2D eigenvalue weighted by Gasteiger charge is 2.17. The zero-order valence-electron chi connectivity index (χ0n) is 8.91. The molecule has 78 valence electrons. The summed E-state index contributed by atoms with van der Waals surface area (Å²) in [7, 11) is 0. The molecule has 0 aliphatic heterocycles. The molecule has 0 aromatic carbocycles. The first kappa shape index (κ1) is 12.4. The molecule has 13 heavy (non-hydrogen) atoms. The molecule has 1 atom stereocenters. The Morgan fingerprint density at radius 1 is 1.23 bits per heavy atom. The Kier molecular flexibility index (Phi) is 5.71. The molecule has 3 nitrogen and oxygen atoms in total. The summed E-state index contributed by atoms with van der Waals surface area (Å²) in [6.07, 6.45) is -0.490. The number of esters is 1. The van der Waals surface area contributed by atoms with Gasteiger partial charge in [0.1, 0.15) is 0 Å². The third kappa shape index (κ3) is 6.58. The lowest BCUT2D eigenvalue weighted by atomic mass is 10.1. The molecule has 0 spiro atoms. The molecule has 0 radical (unpaired) electrons. The smallest absolute Gasteiger partial charge is 0.334 e. The molecule has 1 unspecified atom stereocenters. The number of aliphatic hydroxyl groups excluding tert-OH is 1. The van der Waals surface area contributed by atoms with Crippen molar-refractivity contribution >= 4 is 5.97 Å². The van der Waals surface area contributed by atoms with Crippen LogP contribution < -0.4 is 0 Å². The standard InChI is InChI=1S/C10H20O3/c1-7(2)5-9(11)10(12)13-6-8(3)4/h7-9,11H,5-6H2,1-4H3. The fourth-order valence-electron chi connectivity index (χ4n) is 0.888. The molecule has 0 saturated heterocycles. The Morgan fingerprint density at radius 3 is 2.15 bits per heavy atom. The summed E-state index contributed by atoms with van der Waals surface area (Å²) in [6, 6.07) is 0. The first-order valence-corrected chi connectivity index (χ1v) is 4.78. The van der Waals surface area contributed by atoms with E-state index < -0.39 is 12.1 Å². The number of rotatable bonds is 5. The number of hydrogen-bond acceptors (Lipinski definition) is 3. The van der Waals surface area contributed by atoms with Crippen LogP contribution in [0.25, 0.3) is 0 Å². The molecular formula is C10H20O3. The van der Waals surface area contributed by atoms with Gasteiger partial charge in [0.2, 0.25) is 0 Å². The lowest BCUT2D eigenvalue weighted by molar-refractivity contribution is -0.155. The minimum Gasteiger partial charge on any atom is -0.464 e. The molecule has 0 aromatic rings. The minimum atomic E-state index is -0.959. The van der Waals surface area contributed by atoms with Gasteiger partial charge < -0.3 is 9.84 Å². The Labute approximate surface area is 80.1 Å². The molecule has 0 heterocycles. The van der Waals surface area contributed by atoms with E-state index in [1.54, 1.807) is 0 Å². The average molecular weight is 188 g/mol. The highest BCUT2D eigenvalue weighted by molar-refractivity contribution is 5.74. The normalized spacial score (nSPS) is 13.5. The van der Waals surface area contributed by atoms with E-state index in [2.05, 4.69) is 0 Å². The van der Waals surface area contributed by atoms with Crippen molar-refractivity contribution in [3.05, 3.63) is 0 Å². The third-order valence-electron chi connectivity index (χ3n) is 1.53. The largest absolute Gasteiger partial charge is 0.464 e. The van der Waals surface area contributed by atoms with E-state index in [9.17, 15) is 9.90 Å². The summed E-state index contributed by atoms with van der Waals surface area (Å²) in [5.74, 6) is 0.124. The van der Waals surface area contributed by atoms with Crippen molar-refractivity contribution in [3.8, 4) is 0 Å². The van der Waals surface area contributed by atoms with Gasteiger partial charge in [-0.25, -0.2) is 4.79 Å². The Hall–Kier alpha value is -0.570. The van der Waals surface area contributed by atoms with Crippen LogP contribution in [0.15, 0.2) is 0 Å². The highest BCUT2D eigenvalue weighted by Crippen LogP contribution is 2.06. The van der Waals surface area contributed by atoms with E-state index in [0.717, 1.165) is 0 Å². The predicted octanol–water partition coefficient (Wildman–Crippen LogP) is 1.59. The summed E-state index contributed by atoms with van der Waals surface area (Å²) in [5.41, 5.74) is 0. The molecule has 0 rings (SSSR count). The van der Waals surface area contributed by atoms with Crippen LogP contribution in [0.4, 0.5) is 0 Å². The van der Waals surface area contributed by atoms with Crippen LogP contribution in [-0.4, -0.2) is 23.8 Å². The number of hydrogen-bond donors (Lipinski definition) is 1. The Morgan fingerprint density at radius 2 is 1.77 bits per heavy atom. The average Bonchev–Trinajstić information content (AvgIpc) is 1.98. The zero-order chi connectivity index (χ0) is 10.4. The maximum atomic E-state index is 11.1. The molecule has 0 saturated carbocycles. The van der Waals surface area contributed by atoms with Crippen molar-refractivity contribution in [2.45, 2.75) is 40.2 Å². The minimum absolute atomic E-state index is 0.307. The number of carbonyl (C=O) groups excluding carboxylic acids is 1. The second kappa shape index (κ2) is 5.97. The Balaban J connectivity index is 3.69. The molecule has 0 aliphatic carbocycles. The van der Waals surface area contributed by atoms with Crippen molar-refractivity contribution in [1.29, 1.82) is 0 Å². The van der Waals surface area contributed by atoms with Gasteiger partial charge >= 0.3 is 5.97 Å². The van der Waals surface area contributed by atoms with E-state index in [1.807, 2.05) is 27.7 Å². The maximum absolute atomic E-state index is 11.1. The van der Waals surface area contributed by atoms with Crippen LogP contribution in [0.1, 0.15) is 34.1 Å². The van der Waals surface area contributed by atoms with Crippen LogP contribution in [0.5, 0.6) is 0 Å². The Bertz CT molecular complexity index is 152. The summed E-state index contributed by atoms with van der Waals surface area (Å²) in [4.78, 5) is 11.1. The second-order valence-corrected chi connectivity index (χ2v) is 4.17. The monoisotopic (exact) mass is 188 g/mol. The van der Waals surface area contributed by atoms with Gasteiger partial charge in [-0.15, -0.1) is 0 Å². The highest BCUT2D eigenvalue weighted by atomic mass is 16.5. The molecule has 0 amide bonds. The van der Waals surface area contributed by atoms with E-state index in [4.69, 9.17) is 4.74 Å².